The van der Waals surface area contributed by atoms with Crippen molar-refractivity contribution in [3.8, 4) is 0 Å². The molecule has 0 rings (SSSR count). The Bertz CT molecular complexity index is 261. The van der Waals surface area contributed by atoms with Gasteiger partial charge in [-0.2, -0.15) is 0 Å². The molecule has 132 valence electrons. The van der Waals surface area contributed by atoms with Crippen LogP contribution in [0.3, 0.4) is 0 Å². The van der Waals surface area contributed by atoms with E-state index in [1.165, 1.54) is 19.3 Å². The highest BCUT2D eigenvalue weighted by Crippen LogP contribution is 2.11. The second-order valence-electron chi connectivity index (χ2n) is 5.95. The van der Waals surface area contributed by atoms with E-state index in [0.29, 0.717) is 19.4 Å². The molecule has 5 nitrogen and oxygen atoms in total. The summed E-state index contributed by atoms with van der Waals surface area (Å²) in [5.74, 6) is 0. The summed E-state index contributed by atoms with van der Waals surface area (Å²) in [5, 5.41) is 21.9. The minimum atomic E-state index is -0.485. The third-order valence-electron chi connectivity index (χ3n) is 3.76. The van der Waals surface area contributed by atoms with Crippen LogP contribution >= 0.6 is 0 Å². The SMILES string of the molecule is CCCCCCCC(O)CCC(CO)NC(=O)OCCCC. The Labute approximate surface area is 135 Å². The Balaban J connectivity index is 3.72. The molecule has 0 aromatic heterocycles. The molecule has 0 aliphatic rings. The van der Waals surface area contributed by atoms with E-state index in [2.05, 4.69) is 12.2 Å². The van der Waals surface area contributed by atoms with Gasteiger partial charge in [-0.05, 0) is 25.7 Å². The monoisotopic (exact) mass is 317 g/mol. The number of carbonyl (C=O) groups is 1. The lowest BCUT2D eigenvalue weighted by Gasteiger charge is -2.18. The van der Waals surface area contributed by atoms with Crippen LogP contribution < -0.4 is 5.32 Å². The van der Waals surface area contributed by atoms with Gasteiger partial charge >= 0.3 is 6.09 Å². The standard InChI is InChI=1S/C17H35NO4/c1-3-5-7-8-9-10-16(20)12-11-15(14-19)18-17(21)22-13-6-4-2/h15-16,19-20H,3-14H2,1-2H3,(H,18,21). The van der Waals surface area contributed by atoms with Gasteiger partial charge in [0.1, 0.15) is 0 Å². The molecule has 2 atom stereocenters. The molecule has 2 unspecified atom stereocenters. The van der Waals surface area contributed by atoms with E-state index < -0.39 is 6.09 Å². The van der Waals surface area contributed by atoms with E-state index in [4.69, 9.17) is 4.74 Å². The van der Waals surface area contributed by atoms with Gasteiger partial charge in [0.05, 0.1) is 25.4 Å². The summed E-state index contributed by atoms with van der Waals surface area (Å²) in [6, 6.07) is -0.344. The number of alkyl carbamates (subject to hydrolysis) is 1. The lowest BCUT2D eigenvalue weighted by Crippen LogP contribution is -2.38. The summed E-state index contributed by atoms with van der Waals surface area (Å²) in [4.78, 5) is 11.5. The van der Waals surface area contributed by atoms with Gasteiger partial charge in [-0.15, -0.1) is 0 Å². The van der Waals surface area contributed by atoms with Crippen LogP contribution in [0.2, 0.25) is 0 Å². The molecule has 0 aromatic rings. The molecular weight excluding hydrogens is 282 g/mol. The number of aliphatic hydroxyl groups excluding tert-OH is 2. The summed E-state index contributed by atoms with van der Waals surface area (Å²) in [7, 11) is 0. The average molecular weight is 317 g/mol. The maximum absolute atomic E-state index is 11.5. The number of nitrogens with one attached hydrogen (secondary N) is 1. The van der Waals surface area contributed by atoms with E-state index in [1.807, 2.05) is 6.92 Å². The lowest BCUT2D eigenvalue weighted by molar-refractivity contribution is 0.120. The number of unbranched alkanes of at least 4 members (excludes halogenated alkanes) is 5. The first kappa shape index (κ1) is 21.2. The van der Waals surface area contributed by atoms with E-state index in [1.54, 1.807) is 0 Å². The van der Waals surface area contributed by atoms with Gasteiger partial charge in [0.25, 0.3) is 0 Å². The third kappa shape index (κ3) is 12.9. The highest BCUT2D eigenvalue weighted by molar-refractivity contribution is 5.67. The van der Waals surface area contributed by atoms with E-state index in [0.717, 1.165) is 32.1 Å². The smallest absolute Gasteiger partial charge is 0.407 e. The molecule has 3 N–H and O–H groups in total. The lowest BCUT2D eigenvalue weighted by atomic mass is 10.0. The second-order valence-corrected chi connectivity index (χ2v) is 5.95. The van der Waals surface area contributed by atoms with Crippen LogP contribution in [0.15, 0.2) is 0 Å². The fraction of sp³-hybridized carbons (Fsp3) is 0.941. The first-order chi connectivity index (χ1) is 10.6. The van der Waals surface area contributed by atoms with Crippen molar-refractivity contribution in [3.05, 3.63) is 0 Å². The zero-order valence-electron chi connectivity index (χ0n) is 14.4. The zero-order chi connectivity index (χ0) is 16.6. The summed E-state index contributed by atoms with van der Waals surface area (Å²) >= 11 is 0. The van der Waals surface area contributed by atoms with Crippen molar-refractivity contribution in [1.82, 2.24) is 5.32 Å². The van der Waals surface area contributed by atoms with Gasteiger partial charge in [-0.3, -0.25) is 0 Å². The van der Waals surface area contributed by atoms with Crippen LogP contribution in [0.5, 0.6) is 0 Å². The predicted molar refractivity (Wildman–Crippen MR) is 88.9 cm³/mol. The number of aliphatic hydroxyl groups is 2. The third-order valence-corrected chi connectivity index (χ3v) is 3.76. The van der Waals surface area contributed by atoms with Gasteiger partial charge in [0.15, 0.2) is 0 Å². The maximum Gasteiger partial charge on any atom is 0.407 e. The molecule has 0 fully saturated rings. The van der Waals surface area contributed by atoms with Crippen molar-refractivity contribution in [3.63, 3.8) is 0 Å². The van der Waals surface area contributed by atoms with Crippen molar-refractivity contribution in [2.24, 2.45) is 0 Å². The highest BCUT2D eigenvalue weighted by Gasteiger charge is 2.14. The molecule has 0 saturated heterocycles. The Hall–Kier alpha value is -0.810. The van der Waals surface area contributed by atoms with Crippen LogP contribution in [-0.2, 0) is 4.74 Å². The van der Waals surface area contributed by atoms with Crippen molar-refractivity contribution >= 4 is 6.09 Å². The largest absolute Gasteiger partial charge is 0.450 e. The normalized spacial score (nSPS) is 13.6. The number of hydrogen-bond donors (Lipinski definition) is 3. The predicted octanol–water partition coefficient (Wildman–Crippen LogP) is 3.38. The van der Waals surface area contributed by atoms with Crippen molar-refractivity contribution < 1.29 is 19.7 Å². The molecule has 0 aliphatic heterocycles. The molecular formula is C17H35NO4. The van der Waals surface area contributed by atoms with Gasteiger partial charge in [-0.25, -0.2) is 4.79 Å². The Kier molecular flexibility index (Phi) is 14.5. The van der Waals surface area contributed by atoms with Crippen molar-refractivity contribution in [2.45, 2.75) is 90.2 Å². The molecule has 0 aromatic carbocycles. The molecule has 0 spiro atoms. The van der Waals surface area contributed by atoms with Gasteiger partial charge < -0.3 is 20.3 Å². The molecule has 5 heteroatoms. The maximum atomic E-state index is 11.5. The van der Waals surface area contributed by atoms with Crippen LogP contribution in [-0.4, -0.2) is 41.7 Å². The average Bonchev–Trinajstić information content (AvgIpc) is 2.51. The number of hydrogen-bond acceptors (Lipinski definition) is 4. The molecule has 0 saturated carbocycles. The number of carbonyl (C=O) groups excluding carboxylic acids is 1. The Morgan fingerprint density at radius 2 is 1.68 bits per heavy atom. The van der Waals surface area contributed by atoms with Crippen LogP contribution in [0, 0.1) is 0 Å². The first-order valence-corrected chi connectivity index (χ1v) is 8.86. The van der Waals surface area contributed by atoms with Gasteiger partial charge in [-0.1, -0.05) is 52.4 Å². The summed E-state index contributed by atoms with van der Waals surface area (Å²) < 4.78 is 5.00. The van der Waals surface area contributed by atoms with Gasteiger partial charge in [0, 0.05) is 0 Å². The topological polar surface area (TPSA) is 78.8 Å². The van der Waals surface area contributed by atoms with E-state index in [9.17, 15) is 15.0 Å². The molecule has 0 aliphatic carbocycles. The summed E-state index contributed by atoms with van der Waals surface area (Å²) in [5.41, 5.74) is 0. The zero-order valence-corrected chi connectivity index (χ0v) is 14.4. The molecule has 0 heterocycles. The minimum absolute atomic E-state index is 0.133. The first-order valence-electron chi connectivity index (χ1n) is 8.86. The van der Waals surface area contributed by atoms with E-state index in [-0.39, 0.29) is 18.8 Å². The van der Waals surface area contributed by atoms with Crippen LogP contribution in [0.4, 0.5) is 4.79 Å². The van der Waals surface area contributed by atoms with Crippen molar-refractivity contribution in [2.75, 3.05) is 13.2 Å². The van der Waals surface area contributed by atoms with Crippen LogP contribution in [0.1, 0.15) is 78.1 Å². The number of rotatable bonds is 14. The van der Waals surface area contributed by atoms with Gasteiger partial charge in [0.2, 0.25) is 0 Å². The van der Waals surface area contributed by atoms with Crippen molar-refractivity contribution in [1.29, 1.82) is 0 Å². The quantitative estimate of drug-likeness (QED) is 0.429. The Morgan fingerprint density at radius 1 is 1.00 bits per heavy atom. The molecule has 0 radical (unpaired) electrons. The fourth-order valence-electron chi connectivity index (χ4n) is 2.25. The summed E-state index contributed by atoms with van der Waals surface area (Å²) in [6.45, 7) is 4.48. The van der Waals surface area contributed by atoms with E-state index >= 15 is 0 Å². The summed E-state index contributed by atoms with van der Waals surface area (Å²) in [6.07, 6.45) is 8.84. The Morgan fingerprint density at radius 3 is 2.32 bits per heavy atom. The number of ether oxygens (including phenoxy) is 1. The minimum Gasteiger partial charge on any atom is -0.450 e. The number of amides is 1. The fourth-order valence-corrected chi connectivity index (χ4v) is 2.25. The molecule has 0 bridgehead atoms. The molecule has 22 heavy (non-hydrogen) atoms. The van der Waals surface area contributed by atoms with Crippen LogP contribution in [0.25, 0.3) is 0 Å². The highest BCUT2D eigenvalue weighted by atomic mass is 16.5. The molecule has 1 amide bonds. The second kappa shape index (κ2) is 15.1.